The molecule has 2 aromatic carbocycles. The summed E-state index contributed by atoms with van der Waals surface area (Å²) in [5.74, 6) is 2.39. The predicted octanol–water partition coefficient (Wildman–Crippen LogP) is 4.00. The van der Waals surface area contributed by atoms with Gasteiger partial charge in [0.2, 0.25) is 0 Å². The molecule has 0 spiro atoms. The van der Waals surface area contributed by atoms with E-state index in [1.54, 1.807) is 44.4 Å². The van der Waals surface area contributed by atoms with Gasteiger partial charge in [-0.15, -0.1) is 0 Å². The van der Waals surface area contributed by atoms with Gasteiger partial charge in [0, 0.05) is 6.07 Å². The summed E-state index contributed by atoms with van der Waals surface area (Å²) in [6, 6.07) is 17.8. The zero-order chi connectivity index (χ0) is 22.1. The standard InChI is InChI=1S/C23H21N3O5/c1-16-13-22(26-31-16)25-23(27)18(15-24)14-17-3-5-20(6-4-17)29-11-12-30-21-9-7-19(28-2)8-10-21/h3-10,13-14H,11-12H2,1-2H3,(H,25,26,27)/b18-14-. The molecule has 1 aromatic heterocycles. The summed E-state index contributed by atoms with van der Waals surface area (Å²) < 4.78 is 21.3. The van der Waals surface area contributed by atoms with Gasteiger partial charge in [-0.3, -0.25) is 4.79 Å². The number of anilines is 1. The summed E-state index contributed by atoms with van der Waals surface area (Å²) in [4.78, 5) is 12.2. The minimum absolute atomic E-state index is 0.0535. The van der Waals surface area contributed by atoms with Crippen LogP contribution in [-0.4, -0.2) is 31.4 Å². The molecule has 31 heavy (non-hydrogen) atoms. The Morgan fingerprint density at radius 2 is 1.65 bits per heavy atom. The Morgan fingerprint density at radius 1 is 1.06 bits per heavy atom. The number of nitrogens with one attached hydrogen (secondary N) is 1. The molecule has 0 bridgehead atoms. The second kappa shape index (κ2) is 10.5. The monoisotopic (exact) mass is 419 g/mol. The van der Waals surface area contributed by atoms with Crippen LogP contribution in [0.15, 0.2) is 64.7 Å². The van der Waals surface area contributed by atoms with Gasteiger partial charge in [-0.1, -0.05) is 17.3 Å². The minimum Gasteiger partial charge on any atom is -0.497 e. The van der Waals surface area contributed by atoms with E-state index < -0.39 is 5.91 Å². The molecule has 0 aliphatic carbocycles. The summed E-state index contributed by atoms with van der Waals surface area (Å²) in [6.45, 7) is 2.46. The van der Waals surface area contributed by atoms with Crippen LogP contribution in [0.1, 0.15) is 11.3 Å². The highest BCUT2D eigenvalue weighted by Crippen LogP contribution is 2.18. The fourth-order valence-corrected chi connectivity index (χ4v) is 2.58. The Labute approximate surface area is 179 Å². The summed E-state index contributed by atoms with van der Waals surface area (Å²) in [5.41, 5.74) is 0.632. The number of carbonyl (C=O) groups is 1. The molecule has 0 unspecified atom stereocenters. The number of ether oxygens (including phenoxy) is 3. The van der Waals surface area contributed by atoms with Crippen molar-refractivity contribution >= 4 is 17.8 Å². The number of aryl methyl sites for hydroxylation is 1. The van der Waals surface area contributed by atoms with Gasteiger partial charge in [0.1, 0.15) is 47.9 Å². The summed E-state index contributed by atoms with van der Waals surface area (Å²) in [5, 5.41) is 15.5. The minimum atomic E-state index is -0.563. The Balaban J connectivity index is 1.50. The molecule has 0 radical (unpaired) electrons. The predicted molar refractivity (Wildman–Crippen MR) is 114 cm³/mol. The third-order valence-corrected chi connectivity index (χ3v) is 4.11. The number of nitrogens with zero attached hydrogens (tertiary/aromatic N) is 2. The van der Waals surface area contributed by atoms with Crippen LogP contribution < -0.4 is 19.5 Å². The number of rotatable bonds is 9. The van der Waals surface area contributed by atoms with Crippen LogP contribution in [0.25, 0.3) is 6.08 Å². The second-order valence-electron chi connectivity index (χ2n) is 6.39. The molecular weight excluding hydrogens is 398 g/mol. The highest BCUT2D eigenvalue weighted by molar-refractivity contribution is 6.09. The molecule has 0 saturated carbocycles. The Bertz CT molecular complexity index is 1080. The van der Waals surface area contributed by atoms with Crippen molar-refractivity contribution in [2.24, 2.45) is 0 Å². The van der Waals surface area contributed by atoms with E-state index in [1.807, 2.05) is 30.3 Å². The zero-order valence-corrected chi connectivity index (χ0v) is 17.1. The molecule has 0 saturated heterocycles. The summed E-state index contributed by atoms with van der Waals surface area (Å²) >= 11 is 0. The molecular formula is C23H21N3O5. The van der Waals surface area contributed by atoms with Crippen molar-refractivity contribution in [2.45, 2.75) is 6.92 Å². The van der Waals surface area contributed by atoms with Crippen LogP contribution in [-0.2, 0) is 4.79 Å². The van der Waals surface area contributed by atoms with Crippen molar-refractivity contribution in [2.75, 3.05) is 25.6 Å². The number of hydrogen-bond acceptors (Lipinski definition) is 7. The molecule has 1 N–H and O–H groups in total. The maximum atomic E-state index is 12.2. The van der Waals surface area contributed by atoms with Crippen LogP contribution in [0.5, 0.6) is 17.2 Å². The van der Waals surface area contributed by atoms with E-state index in [2.05, 4.69) is 10.5 Å². The molecule has 0 fully saturated rings. The SMILES string of the molecule is COc1ccc(OCCOc2ccc(/C=C(/C#N)C(=O)Nc3cc(C)on3)cc2)cc1. The highest BCUT2D eigenvalue weighted by atomic mass is 16.5. The number of methoxy groups -OCH3 is 1. The van der Waals surface area contributed by atoms with Crippen molar-refractivity contribution in [1.29, 1.82) is 5.26 Å². The van der Waals surface area contributed by atoms with Crippen molar-refractivity contribution in [1.82, 2.24) is 5.16 Å². The first kappa shape index (κ1) is 21.5. The topological polar surface area (TPSA) is 107 Å². The second-order valence-corrected chi connectivity index (χ2v) is 6.39. The quantitative estimate of drug-likeness (QED) is 0.317. The smallest absolute Gasteiger partial charge is 0.267 e. The van der Waals surface area contributed by atoms with Gasteiger partial charge in [-0.05, 0) is 55.0 Å². The van der Waals surface area contributed by atoms with Gasteiger partial charge in [0.15, 0.2) is 5.82 Å². The van der Waals surface area contributed by atoms with E-state index >= 15 is 0 Å². The first-order valence-electron chi connectivity index (χ1n) is 9.43. The number of carbonyl (C=O) groups excluding carboxylic acids is 1. The van der Waals surface area contributed by atoms with E-state index in [0.717, 1.165) is 11.5 Å². The van der Waals surface area contributed by atoms with E-state index in [0.29, 0.717) is 30.3 Å². The average Bonchev–Trinajstić information content (AvgIpc) is 3.20. The third kappa shape index (κ3) is 6.37. The first-order valence-corrected chi connectivity index (χ1v) is 9.43. The maximum Gasteiger partial charge on any atom is 0.267 e. The number of hydrogen-bond donors (Lipinski definition) is 1. The highest BCUT2D eigenvalue weighted by Gasteiger charge is 2.11. The fourth-order valence-electron chi connectivity index (χ4n) is 2.58. The normalized spacial score (nSPS) is 10.8. The molecule has 8 nitrogen and oxygen atoms in total. The Hall–Kier alpha value is -4.25. The van der Waals surface area contributed by atoms with Crippen LogP contribution in [0.2, 0.25) is 0 Å². The van der Waals surface area contributed by atoms with Crippen LogP contribution in [0.4, 0.5) is 5.82 Å². The molecule has 3 rings (SSSR count). The van der Waals surface area contributed by atoms with E-state index in [-0.39, 0.29) is 11.4 Å². The number of benzene rings is 2. The van der Waals surface area contributed by atoms with Gasteiger partial charge < -0.3 is 24.1 Å². The number of aromatic nitrogens is 1. The van der Waals surface area contributed by atoms with Crippen LogP contribution in [0, 0.1) is 18.3 Å². The van der Waals surface area contributed by atoms with Gasteiger partial charge in [0.05, 0.1) is 7.11 Å². The lowest BCUT2D eigenvalue weighted by Crippen LogP contribution is -2.13. The molecule has 158 valence electrons. The van der Waals surface area contributed by atoms with E-state index in [4.69, 9.17) is 18.7 Å². The lowest BCUT2D eigenvalue weighted by Gasteiger charge is -2.09. The average molecular weight is 419 g/mol. The van der Waals surface area contributed by atoms with Gasteiger partial charge in [-0.25, -0.2) is 0 Å². The molecule has 0 atom stereocenters. The van der Waals surface area contributed by atoms with E-state index in [9.17, 15) is 10.1 Å². The zero-order valence-electron chi connectivity index (χ0n) is 17.1. The van der Waals surface area contributed by atoms with Crippen molar-refractivity contribution in [3.05, 3.63) is 71.5 Å². The lowest BCUT2D eigenvalue weighted by molar-refractivity contribution is -0.112. The Kier molecular flexibility index (Phi) is 7.27. The number of amides is 1. The van der Waals surface area contributed by atoms with E-state index in [1.165, 1.54) is 6.08 Å². The molecule has 8 heteroatoms. The number of nitriles is 1. The van der Waals surface area contributed by atoms with Gasteiger partial charge in [0.25, 0.3) is 5.91 Å². The molecule has 0 aliphatic heterocycles. The van der Waals surface area contributed by atoms with Crippen molar-refractivity contribution in [3.63, 3.8) is 0 Å². The molecule has 1 amide bonds. The lowest BCUT2D eigenvalue weighted by atomic mass is 10.1. The van der Waals surface area contributed by atoms with Gasteiger partial charge >= 0.3 is 0 Å². The molecule has 3 aromatic rings. The maximum absolute atomic E-state index is 12.2. The van der Waals surface area contributed by atoms with Crippen molar-refractivity contribution < 1.29 is 23.5 Å². The van der Waals surface area contributed by atoms with Gasteiger partial charge in [-0.2, -0.15) is 5.26 Å². The Morgan fingerprint density at radius 3 is 2.16 bits per heavy atom. The largest absolute Gasteiger partial charge is 0.497 e. The summed E-state index contributed by atoms with van der Waals surface area (Å²) in [7, 11) is 1.61. The molecule has 0 aliphatic rings. The molecule has 1 heterocycles. The van der Waals surface area contributed by atoms with Crippen molar-refractivity contribution in [3.8, 4) is 23.3 Å². The fraction of sp³-hybridized carbons (Fsp3) is 0.174. The van der Waals surface area contributed by atoms with Crippen LogP contribution >= 0.6 is 0 Å². The first-order chi connectivity index (χ1) is 15.1. The van der Waals surface area contributed by atoms with Crippen LogP contribution in [0.3, 0.4) is 0 Å². The third-order valence-electron chi connectivity index (χ3n) is 4.11. The summed E-state index contributed by atoms with van der Waals surface area (Å²) in [6.07, 6.45) is 1.48.